The van der Waals surface area contributed by atoms with Crippen molar-refractivity contribution in [1.29, 1.82) is 0 Å². The summed E-state index contributed by atoms with van der Waals surface area (Å²) in [5.41, 5.74) is 4.22. The van der Waals surface area contributed by atoms with Crippen molar-refractivity contribution in [1.82, 2.24) is 10.5 Å². The van der Waals surface area contributed by atoms with Gasteiger partial charge in [0.2, 0.25) is 0 Å². The van der Waals surface area contributed by atoms with Gasteiger partial charge >= 0.3 is 0 Å². The molecule has 0 radical (unpaired) electrons. The Kier molecular flexibility index (Phi) is 6.91. The molecule has 0 fully saturated rings. The molecular weight excluding hydrogens is 407 g/mol. The van der Waals surface area contributed by atoms with Gasteiger partial charge in [-0.3, -0.25) is 4.79 Å². The van der Waals surface area contributed by atoms with E-state index in [-0.39, 0.29) is 11.6 Å². The zero-order valence-corrected chi connectivity index (χ0v) is 17.4. The van der Waals surface area contributed by atoms with Gasteiger partial charge in [0, 0.05) is 28.2 Å². The standard InChI is InChI=1S/C23H20Cl2N2O2/c1-3-4-16(20-13-19(25)8-5-15(20)2)11-12-26-23(28)21-14-22(29-27-21)17-6-9-18(24)10-7-17/h3-10,13-14H,1,11-12H2,2H3,(H,26,28)/b16-4-. The van der Waals surface area contributed by atoms with Gasteiger partial charge in [-0.15, -0.1) is 0 Å². The molecule has 0 bridgehead atoms. The second kappa shape index (κ2) is 9.59. The van der Waals surface area contributed by atoms with Crippen LogP contribution in [0.5, 0.6) is 0 Å². The highest BCUT2D eigenvalue weighted by molar-refractivity contribution is 6.31. The lowest BCUT2D eigenvalue weighted by Crippen LogP contribution is -2.24. The lowest BCUT2D eigenvalue weighted by molar-refractivity contribution is 0.0945. The van der Waals surface area contributed by atoms with Crippen LogP contribution in [0.1, 0.15) is 28.0 Å². The first-order chi connectivity index (χ1) is 14.0. The molecule has 0 unspecified atom stereocenters. The molecule has 29 heavy (non-hydrogen) atoms. The predicted octanol–water partition coefficient (Wildman–Crippen LogP) is 6.35. The van der Waals surface area contributed by atoms with Crippen LogP contribution in [0.15, 0.2) is 71.8 Å². The highest BCUT2D eigenvalue weighted by atomic mass is 35.5. The number of aromatic nitrogens is 1. The molecule has 1 heterocycles. The van der Waals surface area contributed by atoms with E-state index in [2.05, 4.69) is 17.1 Å². The van der Waals surface area contributed by atoms with Crippen molar-refractivity contribution in [3.05, 3.63) is 94.1 Å². The molecule has 3 aromatic rings. The minimum Gasteiger partial charge on any atom is -0.355 e. The van der Waals surface area contributed by atoms with Crippen LogP contribution in [0.3, 0.4) is 0 Å². The molecule has 0 atom stereocenters. The lowest BCUT2D eigenvalue weighted by atomic mass is 9.97. The highest BCUT2D eigenvalue weighted by Crippen LogP contribution is 2.25. The summed E-state index contributed by atoms with van der Waals surface area (Å²) in [6.07, 6.45) is 4.29. The third kappa shape index (κ3) is 5.37. The van der Waals surface area contributed by atoms with Crippen molar-refractivity contribution in [3.63, 3.8) is 0 Å². The van der Waals surface area contributed by atoms with E-state index < -0.39 is 0 Å². The lowest BCUT2D eigenvalue weighted by Gasteiger charge is -2.11. The Morgan fingerprint density at radius 1 is 1.14 bits per heavy atom. The number of nitrogens with one attached hydrogen (secondary N) is 1. The Morgan fingerprint density at radius 2 is 1.86 bits per heavy atom. The van der Waals surface area contributed by atoms with Gasteiger partial charge in [-0.25, -0.2) is 0 Å². The second-order valence-electron chi connectivity index (χ2n) is 6.48. The first-order valence-electron chi connectivity index (χ1n) is 9.07. The number of hydrogen-bond acceptors (Lipinski definition) is 3. The molecule has 1 N–H and O–H groups in total. The summed E-state index contributed by atoms with van der Waals surface area (Å²) < 4.78 is 5.28. The molecule has 0 aliphatic carbocycles. The molecule has 2 aromatic carbocycles. The fourth-order valence-electron chi connectivity index (χ4n) is 2.92. The fraction of sp³-hybridized carbons (Fsp3) is 0.130. The van der Waals surface area contributed by atoms with Gasteiger partial charge in [-0.2, -0.15) is 0 Å². The average molecular weight is 427 g/mol. The second-order valence-corrected chi connectivity index (χ2v) is 7.35. The zero-order valence-electron chi connectivity index (χ0n) is 15.9. The smallest absolute Gasteiger partial charge is 0.273 e. The van der Waals surface area contributed by atoms with Crippen molar-refractivity contribution >= 4 is 34.7 Å². The summed E-state index contributed by atoms with van der Waals surface area (Å²) in [5, 5.41) is 8.04. The summed E-state index contributed by atoms with van der Waals surface area (Å²) in [6, 6.07) is 14.5. The fourth-order valence-corrected chi connectivity index (χ4v) is 3.22. The van der Waals surface area contributed by atoms with E-state index in [0.717, 1.165) is 22.3 Å². The van der Waals surface area contributed by atoms with Gasteiger partial charge in [0.05, 0.1) is 0 Å². The maximum atomic E-state index is 12.4. The van der Waals surface area contributed by atoms with Crippen LogP contribution in [0.25, 0.3) is 16.9 Å². The third-order valence-corrected chi connectivity index (χ3v) is 4.90. The summed E-state index contributed by atoms with van der Waals surface area (Å²) in [5.74, 6) is 0.211. The monoisotopic (exact) mass is 426 g/mol. The molecule has 4 nitrogen and oxygen atoms in total. The number of allylic oxidation sites excluding steroid dienone is 2. The van der Waals surface area contributed by atoms with Crippen LogP contribution < -0.4 is 5.32 Å². The van der Waals surface area contributed by atoms with E-state index in [4.69, 9.17) is 27.7 Å². The minimum absolute atomic E-state index is 0.225. The van der Waals surface area contributed by atoms with Crippen LogP contribution in [0.2, 0.25) is 10.0 Å². The number of rotatable bonds is 7. The van der Waals surface area contributed by atoms with Crippen LogP contribution in [0.4, 0.5) is 0 Å². The van der Waals surface area contributed by atoms with Gasteiger partial charge in [0.1, 0.15) is 0 Å². The number of amides is 1. The Morgan fingerprint density at radius 3 is 2.59 bits per heavy atom. The van der Waals surface area contributed by atoms with Gasteiger partial charge in [0.15, 0.2) is 11.5 Å². The molecular formula is C23H20Cl2N2O2. The molecule has 0 saturated heterocycles. The average Bonchev–Trinajstić information content (AvgIpc) is 3.20. The largest absolute Gasteiger partial charge is 0.355 e. The van der Waals surface area contributed by atoms with Crippen molar-refractivity contribution in [2.24, 2.45) is 0 Å². The molecule has 0 saturated carbocycles. The zero-order chi connectivity index (χ0) is 20.8. The first kappa shape index (κ1) is 20.9. The maximum Gasteiger partial charge on any atom is 0.273 e. The van der Waals surface area contributed by atoms with Gasteiger partial charge in [-0.1, -0.05) is 53.2 Å². The van der Waals surface area contributed by atoms with Crippen LogP contribution in [-0.4, -0.2) is 17.6 Å². The van der Waals surface area contributed by atoms with Gasteiger partial charge in [0.25, 0.3) is 5.91 Å². The van der Waals surface area contributed by atoms with E-state index in [1.807, 2.05) is 43.3 Å². The van der Waals surface area contributed by atoms with E-state index in [1.165, 1.54) is 0 Å². The van der Waals surface area contributed by atoms with Crippen molar-refractivity contribution in [3.8, 4) is 11.3 Å². The van der Waals surface area contributed by atoms with Gasteiger partial charge < -0.3 is 9.84 Å². The molecule has 0 spiro atoms. The van der Waals surface area contributed by atoms with Crippen molar-refractivity contribution in [2.75, 3.05) is 6.54 Å². The number of nitrogens with zero attached hydrogens (tertiary/aromatic N) is 1. The molecule has 148 valence electrons. The summed E-state index contributed by atoms with van der Waals surface area (Å²) in [7, 11) is 0. The van der Waals surface area contributed by atoms with Crippen LogP contribution in [-0.2, 0) is 0 Å². The summed E-state index contributed by atoms with van der Waals surface area (Å²) >= 11 is 12.0. The van der Waals surface area contributed by atoms with Gasteiger partial charge in [-0.05, 0) is 66.4 Å². The van der Waals surface area contributed by atoms with E-state index in [1.54, 1.807) is 24.3 Å². The Hall–Kier alpha value is -2.82. The molecule has 0 aliphatic heterocycles. The first-order valence-corrected chi connectivity index (χ1v) is 9.82. The number of benzene rings is 2. The number of aryl methyl sites for hydroxylation is 1. The van der Waals surface area contributed by atoms with E-state index in [9.17, 15) is 4.79 Å². The topological polar surface area (TPSA) is 55.1 Å². The molecule has 3 rings (SSSR count). The van der Waals surface area contributed by atoms with Crippen LogP contribution >= 0.6 is 23.2 Å². The van der Waals surface area contributed by atoms with E-state index >= 15 is 0 Å². The summed E-state index contributed by atoms with van der Waals surface area (Å²) in [6.45, 7) is 6.24. The Balaban J connectivity index is 1.64. The Bertz CT molecular complexity index is 1050. The van der Waals surface area contributed by atoms with Crippen molar-refractivity contribution in [2.45, 2.75) is 13.3 Å². The highest BCUT2D eigenvalue weighted by Gasteiger charge is 2.14. The molecule has 0 aliphatic rings. The normalized spacial score (nSPS) is 11.3. The molecule has 1 amide bonds. The predicted molar refractivity (Wildman–Crippen MR) is 118 cm³/mol. The van der Waals surface area contributed by atoms with Crippen molar-refractivity contribution < 1.29 is 9.32 Å². The minimum atomic E-state index is -0.297. The molecule has 1 aromatic heterocycles. The third-order valence-electron chi connectivity index (χ3n) is 4.42. The van der Waals surface area contributed by atoms with Crippen LogP contribution in [0, 0.1) is 6.92 Å². The quantitative estimate of drug-likeness (QED) is 0.447. The Labute approximate surface area is 179 Å². The summed E-state index contributed by atoms with van der Waals surface area (Å²) in [4.78, 5) is 12.4. The maximum absolute atomic E-state index is 12.4. The number of halogens is 2. The molecule has 6 heteroatoms. The number of carbonyl (C=O) groups is 1. The SMILES string of the molecule is C=C/C=C(/CCNC(=O)c1cc(-c2ccc(Cl)cc2)on1)c1cc(Cl)ccc1C. The number of carbonyl (C=O) groups excluding carboxylic acids is 1. The number of hydrogen-bond donors (Lipinski definition) is 1. The van der Waals surface area contributed by atoms with E-state index in [0.29, 0.717) is 28.8 Å².